The molecule has 0 amide bonds. The molecule has 1 aromatic heterocycles. The second-order valence-corrected chi connectivity index (χ2v) is 2.49. The van der Waals surface area contributed by atoms with Gasteiger partial charge in [-0.3, -0.25) is 4.79 Å². The number of aldehydes is 1. The highest BCUT2D eigenvalue weighted by Crippen LogP contribution is 2.15. The molecule has 0 atom stereocenters. The number of hydrogen-bond acceptors (Lipinski definition) is 4. The smallest absolute Gasteiger partial charge is 0.178 e. The number of carbonyl (C=O) groups excluding carboxylic acids is 1. The molecule has 1 aromatic rings. The molecule has 0 aliphatic carbocycles. The van der Waals surface area contributed by atoms with Crippen LogP contribution in [0.1, 0.15) is 9.80 Å². The molecule has 0 aliphatic heterocycles. The van der Waals surface area contributed by atoms with E-state index in [0.717, 1.165) is 11.3 Å². The first-order chi connectivity index (χ1) is 4.36. The quantitative estimate of drug-likeness (QED) is 0.626. The van der Waals surface area contributed by atoms with Gasteiger partial charge >= 0.3 is 0 Å². The molecule has 0 fully saturated rings. The van der Waals surface area contributed by atoms with E-state index in [-0.39, 0.29) is 0 Å². The zero-order valence-corrected chi connectivity index (χ0v) is 5.73. The zero-order chi connectivity index (χ0) is 6.69. The van der Waals surface area contributed by atoms with E-state index in [9.17, 15) is 4.79 Å². The molecular formula is C5H6N2OS. The summed E-state index contributed by atoms with van der Waals surface area (Å²) >= 11 is 1.34. The Labute approximate surface area is 56.7 Å². The fourth-order valence-corrected chi connectivity index (χ4v) is 1.04. The van der Waals surface area contributed by atoms with Gasteiger partial charge in [0.15, 0.2) is 11.3 Å². The number of anilines is 1. The lowest BCUT2D eigenvalue weighted by atomic mass is 10.8. The minimum Gasteiger partial charge on any atom is -0.379 e. The van der Waals surface area contributed by atoms with Gasteiger partial charge in [0, 0.05) is 7.05 Å². The SMILES string of the molecule is CNc1cnc(C=O)s1. The third-order valence-corrected chi connectivity index (χ3v) is 1.81. The number of carbonyl (C=O) groups is 1. The van der Waals surface area contributed by atoms with Gasteiger partial charge in [0.25, 0.3) is 0 Å². The van der Waals surface area contributed by atoms with E-state index < -0.39 is 0 Å². The van der Waals surface area contributed by atoms with Crippen LogP contribution in [-0.4, -0.2) is 18.3 Å². The molecular weight excluding hydrogens is 136 g/mol. The van der Waals surface area contributed by atoms with Crippen LogP contribution < -0.4 is 5.32 Å². The average molecular weight is 142 g/mol. The van der Waals surface area contributed by atoms with Crippen LogP contribution in [-0.2, 0) is 0 Å². The molecule has 48 valence electrons. The van der Waals surface area contributed by atoms with Crippen LogP contribution in [0.3, 0.4) is 0 Å². The predicted molar refractivity (Wildman–Crippen MR) is 37.0 cm³/mol. The summed E-state index contributed by atoms with van der Waals surface area (Å²) in [6.45, 7) is 0. The van der Waals surface area contributed by atoms with Gasteiger partial charge in [-0.1, -0.05) is 11.3 Å². The topological polar surface area (TPSA) is 42.0 Å². The molecule has 0 saturated heterocycles. The minimum atomic E-state index is 0.513. The van der Waals surface area contributed by atoms with Crippen molar-refractivity contribution in [3.63, 3.8) is 0 Å². The van der Waals surface area contributed by atoms with Crippen molar-refractivity contribution in [1.29, 1.82) is 0 Å². The maximum absolute atomic E-state index is 10.1. The normalized spacial score (nSPS) is 9.00. The number of rotatable bonds is 2. The van der Waals surface area contributed by atoms with E-state index in [1.807, 2.05) is 0 Å². The molecule has 0 saturated carbocycles. The highest BCUT2D eigenvalue weighted by molar-refractivity contribution is 7.17. The first kappa shape index (κ1) is 6.22. The number of thiazole rings is 1. The van der Waals surface area contributed by atoms with Crippen LogP contribution in [0.15, 0.2) is 6.20 Å². The largest absolute Gasteiger partial charge is 0.379 e. The monoisotopic (exact) mass is 142 g/mol. The third kappa shape index (κ3) is 1.26. The van der Waals surface area contributed by atoms with Gasteiger partial charge in [0.1, 0.15) is 5.00 Å². The van der Waals surface area contributed by atoms with Crippen molar-refractivity contribution in [3.8, 4) is 0 Å². The summed E-state index contributed by atoms with van der Waals surface area (Å²) in [6, 6.07) is 0. The first-order valence-corrected chi connectivity index (χ1v) is 3.27. The van der Waals surface area contributed by atoms with Crippen molar-refractivity contribution < 1.29 is 4.79 Å². The molecule has 1 heterocycles. The fourth-order valence-electron chi connectivity index (χ4n) is 0.458. The van der Waals surface area contributed by atoms with Crippen LogP contribution in [0.5, 0.6) is 0 Å². The number of hydrogen-bond donors (Lipinski definition) is 1. The maximum Gasteiger partial charge on any atom is 0.178 e. The molecule has 4 heteroatoms. The zero-order valence-electron chi connectivity index (χ0n) is 4.92. The van der Waals surface area contributed by atoms with E-state index in [2.05, 4.69) is 10.3 Å². The van der Waals surface area contributed by atoms with Gasteiger partial charge in [-0.15, -0.1) is 0 Å². The number of nitrogens with one attached hydrogen (secondary N) is 1. The molecule has 0 radical (unpaired) electrons. The van der Waals surface area contributed by atoms with Gasteiger partial charge in [0.2, 0.25) is 0 Å². The van der Waals surface area contributed by atoms with Gasteiger partial charge in [-0.05, 0) is 0 Å². The van der Waals surface area contributed by atoms with Gasteiger partial charge in [-0.2, -0.15) is 0 Å². The summed E-state index contributed by atoms with van der Waals surface area (Å²) in [5.74, 6) is 0. The first-order valence-electron chi connectivity index (χ1n) is 2.45. The van der Waals surface area contributed by atoms with E-state index in [4.69, 9.17) is 0 Å². The highest BCUT2D eigenvalue weighted by atomic mass is 32.1. The Balaban J connectivity index is 2.86. The van der Waals surface area contributed by atoms with E-state index in [1.54, 1.807) is 13.2 Å². The number of aromatic nitrogens is 1. The van der Waals surface area contributed by atoms with Gasteiger partial charge in [-0.25, -0.2) is 4.98 Å². The average Bonchev–Trinajstić information content (AvgIpc) is 2.34. The Morgan fingerprint density at radius 2 is 2.67 bits per heavy atom. The van der Waals surface area contributed by atoms with Crippen molar-refractivity contribution in [2.45, 2.75) is 0 Å². The van der Waals surface area contributed by atoms with Crippen molar-refractivity contribution in [2.75, 3.05) is 12.4 Å². The Morgan fingerprint density at radius 1 is 1.89 bits per heavy atom. The molecule has 3 nitrogen and oxygen atoms in total. The van der Waals surface area contributed by atoms with Crippen molar-refractivity contribution >= 4 is 22.6 Å². The predicted octanol–water partition coefficient (Wildman–Crippen LogP) is 0.997. The Hall–Kier alpha value is -0.900. The van der Waals surface area contributed by atoms with E-state index in [1.165, 1.54) is 11.3 Å². The molecule has 0 unspecified atom stereocenters. The van der Waals surface area contributed by atoms with Crippen LogP contribution in [0.2, 0.25) is 0 Å². The molecule has 0 bridgehead atoms. The Morgan fingerprint density at radius 3 is 3.00 bits per heavy atom. The lowest BCUT2D eigenvalue weighted by Gasteiger charge is -1.84. The molecule has 9 heavy (non-hydrogen) atoms. The summed E-state index contributed by atoms with van der Waals surface area (Å²) in [6.07, 6.45) is 2.37. The summed E-state index contributed by atoms with van der Waals surface area (Å²) < 4.78 is 0. The number of nitrogens with zero attached hydrogens (tertiary/aromatic N) is 1. The summed E-state index contributed by atoms with van der Waals surface area (Å²) in [7, 11) is 1.79. The second-order valence-electron chi connectivity index (χ2n) is 1.43. The summed E-state index contributed by atoms with van der Waals surface area (Å²) in [5.41, 5.74) is 0. The van der Waals surface area contributed by atoms with Crippen LogP contribution in [0.4, 0.5) is 5.00 Å². The third-order valence-electron chi connectivity index (χ3n) is 0.871. The standard InChI is InChI=1S/C5H6N2OS/c1-6-4-2-7-5(3-8)9-4/h2-3,6H,1H3. The fraction of sp³-hybridized carbons (Fsp3) is 0.200. The lowest BCUT2D eigenvalue weighted by molar-refractivity contribution is 0.112. The van der Waals surface area contributed by atoms with Crippen LogP contribution in [0.25, 0.3) is 0 Å². The van der Waals surface area contributed by atoms with Crippen LogP contribution in [0, 0.1) is 0 Å². The van der Waals surface area contributed by atoms with Gasteiger partial charge in [0.05, 0.1) is 6.20 Å². The summed E-state index contributed by atoms with van der Waals surface area (Å²) in [5, 5.41) is 4.31. The Bertz CT molecular complexity index is 208. The molecule has 0 aliphatic rings. The molecule has 0 spiro atoms. The molecule has 1 N–H and O–H groups in total. The molecule has 1 rings (SSSR count). The van der Waals surface area contributed by atoms with Crippen molar-refractivity contribution in [1.82, 2.24) is 4.98 Å². The highest BCUT2D eigenvalue weighted by Gasteiger charge is 1.95. The minimum absolute atomic E-state index is 0.513. The van der Waals surface area contributed by atoms with Gasteiger partial charge < -0.3 is 5.32 Å². The van der Waals surface area contributed by atoms with E-state index in [0.29, 0.717) is 5.01 Å². The Kier molecular flexibility index (Phi) is 1.79. The summed E-state index contributed by atoms with van der Waals surface area (Å²) in [4.78, 5) is 13.8. The maximum atomic E-state index is 10.1. The molecule has 0 aromatic carbocycles. The lowest BCUT2D eigenvalue weighted by Crippen LogP contribution is -1.80. The van der Waals surface area contributed by atoms with Crippen molar-refractivity contribution in [3.05, 3.63) is 11.2 Å². The van der Waals surface area contributed by atoms with E-state index >= 15 is 0 Å². The second kappa shape index (κ2) is 2.59. The van der Waals surface area contributed by atoms with Crippen molar-refractivity contribution in [2.24, 2.45) is 0 Å². The van der Waals surface area contributed by atoms with Crippen LogP contribution >= 0.6 is 11.3 Å².